The highest BCUT2D eigenvalue weighted by atomic mass is 32.1. The zero-order valence-corrected chi connectivity index (χ0v) is 16.6. The molecule has 0 spiro atoms. The molecule has 2 aliphatic heterocycles. The van der Waals surface area contributed by atoms with Gasteiger partial charge in [0.2, 0.25) is 11.8 Å². The van der Waals surface area contributed by atoms with Gasteiger partial charge in [-0.1, -0.05) is 17.4 Å². The molecular formula is C20H25N3O3S. The van der Waals surface area contributed by atoms with Crippen LogP contribution in [0.1, 0.15) is 31.7 Å². The quantitative estimate of drug-likeness (QED) is 0.809. The van der Waals surface area contributed by atoms with Crippen LogP contribution in [0.5, 0.6) is 0 Å². The molecule has 3 heterocycles. The molecule has 2 fully saturated rings. The Kier molecular flexibility index (Phi) is 5.14. The highest BCUT2D eigenvalue weighted by molar-refractivity contribution is 7.22. The van der Waals surface area contributed by atoms with Gasteiger partial charge in [0, 0.05) is 32.7 Å². The average molecular weight is 388 g/mol. The molecule has 2 aliphatic rings. The maximum atomic E-state index is 12.9. The Morgan fingerprint density at radius 1 is 1.33 bits per heavy atom. The van der Waals surface area contributed by atoms with Crippen LogP contribution >= 0.6 is 11.3 Å². The molecule has 2 amide bonds. The number of likely N-dealkylation sites (tertiary alicyclic amines) is 1. The van der Waals surface area contributed by atoms with E-state index in [2.05, 4.69) is 11.1 Å². The van der Waals surface area contributed by atoms with Gasteiger partial charge in [0.15, 0.2) is 5.13 Å². The lowest BCUT2D eigenvalue weighted by molar-refractivity contribution is -0.138. The fraction of sp³-hybridized carbons (Fsp3) is 0.550. The zero-order chi connectivity index (χ0) is 19.0. The maximum absolute atomic E-state index is 12.9. The highest BCUT2D eigenvalue weighted by Crippen LogP contribution is 2.34. The van der Waals surface area contributed by atoms with E-state index in [0.717, 1.165) is 23.1 Å². The third-order valence-corrected chi connectivity index (χ3v) is 6.44. The van der Waals surface area contributed by atoms with Crippen LogP contribution < -0.4 is 4.90 Å². The van der Waals surface area contributed by atoms with Crippen molar-refractivity contribution in [2.75, 3.05) is 31.1 Å². The Morgan fingerprint density at radius 3 is 2.85 bits per heavy atom. The first-order valence-electron chi connectivity index (χ1n) is 9.63. The first kappa shape index (κ1) is 18.4. The molecule has 6 nitrogen and oxygen atoms in total. The van der Waals surface area contributed by atoms with E-state index in [1.54, 1.807) is 4.90 Å². The molecular weight excluding hydrogens is 362 g/mol. The van der Waals surface area contributed by atoms with E-state index in [0.29, 0.717) is 31.4 Å². The lowest BCUT2D eigenvalue weighted by Gasteiger charge is -2.33. The Labute approximate surface area is 163 Å². The van der Waals surface area contributed by atoms with Crippen molar-refractivity contribution in [3.63, 3.8) is 0 Å². The van der Waals surface area contributed by atoms with Crippen LogP contribution in [-0.4, -0.2) is 54.0 Å². The predicted octanol–water partition coefficient (Wildman–Crippen LogP) is 2.99. The minimum Gasteiger partial charge on any atom is -0.378 e. The number of rotatable bonds is 4. The largest absolute Gasteiger partial charge is 0.378 e. The zero-order valence-electron chi connectivity index (χ0n) is 15.8. The molecule has 1 aromatic heterocycles. The predicted molar refractivity (Wildman–Crippen MR) is 106 cm³/mol. The van der Waals surface area contributed by atoms with Gasteiger partial charge in [0.1, 0.15) is 0 Å². The summed E-state index contributed by atoms with van der Waals surface area (Å²) in [5.74, 6) is -0.180. The van der Waals surface area contributed by atoms with Gasteiger partial charge in [0.25, 0.3) is 0 Å². The van der Waals surface area contributed by atoms with E-state index in [1.807, 2.05) is 30.9 Å². The Bertz CT molecular complexity index is 857. The fourth-order valence-corrected chi connectivity index (χ4v) is 5.02. The van der Waals surface area contributed by atoms with E-state index < -0.39 is 0 Å². The first-order valence-corrected chi connectivity index (χ1v) is 10.4. The van der Waals surface area contributed by atoms with Crippen LogP contribution in [0.2, 0.25) is 0 Å². The molecule has 1 unspecified atom stereocenters. The van der Waals surface area contributed by atoms with Crippen molar-refractivity contribution in [2.45, 2.75) is 39.2 Å². The van der Waals surface area contributed by atoms with Crippen LogP contribution in [-0.2, 0) is 14.3 Å². The number of amides is 2. The summed E-state index contributed by atoms with van der Waals surface area (Å²) in [6.45, 7) is 6.63. The number of aromatic nitrogens is 1. The van der Waals surface area contributed by atoms with E-state index in [1.165, 1.54) is 16.9 Å². The van der Waals surface area contributed by atoms with Crippen molar-refractivity contribution in [1.29, 1.82) is 0 Å². The third kappa shape index (κ3) is 3.71. The molecule has 0 radical (unpaired) electrons. The van der Waals surface area contributed by atoms with Crippen LogP contribution in [0.4, 0.5) is 5.13 Å². The van der Waals surface area contributed by atoms with E-state index in [9.17, 15) is 9.59 Å². The monoisotopic (exact) mass is 387 g/mol. The summed E-state index contributed by atoms with van der Waals surface area (Å²) in [5.41, 5.74) is 2.08. The van der Waals surface area contributed by atoms with Crippen molar-refractivity contribution >= 4 is 38.5 Å². The number of carbonyl (C=O) groups is 2. The van der Waals surface area contributed by atoms with E-state index >= 15 is 0 Å². The third-order valence-electron chi connectivity index (χ3n) is 5.39. The Balaban J connectivity index is 1.43. The number of thiazole rings is 1. The maximum Gasteiger partial charge on any atom is 0.229 e. The number of anilines is 1. The Hall–Kier alpha value is -1.99. The standard InChI is InChI=1S/C20H25N3O3S/c1-3-26-15-6-8-22(9-7-15)19(25)14-11-18(24)23(12-14)20-21-16-5-4-13(2)10-17(16)27-20/h4-5,10,14-15H,3,6-9,11-12H2,1-2H3. The topological polar surface area (TPSA) is 62.7 Å². The second-order valence-corrected chi connectivity index (χ2v) is 8.36. The number of hydrogen-bond acceptors (Lipinski definition) is 5. The van der Waals surface area contributed by atoms with Crippen LogP contribution in [0.15, 0.2) is 18.2 Å². The minimum absolute atomic E-state index is 0.00618. The van der Waals surface area contributed by atoms with Gasteiger partial charge in [-0.05, 0) is 44.4 Å². The summed E-state index contributed by atoms with van der Waals surface area (Å²) in [7, 11) is 0. The lowest BCUT2D eigenvalue weighted by Crippen LogP contribution is -2.44. The molecule has 0 N–H and O–H groups in total. The number of benzene rings is 1. The van der Waals surface area contributed by atoms with Gasteiger partial charge >= 0.3 is 0 Å². The molecule has 1 atom stereocenters. The molecule has 1 aromatic carbocycles. The minimum atomic E-state index is -0.269. The summed E-state index contributed by atoms with van der Waals surface area (Å²) in [4.78, 5) is 33.6. The number of aryl methyl sites for hydroxylation is 1. The molecule has 27 heavy (non-hydrogen) atoms. The smallest absolute Gasteiger partial charge is 0.229 e. The lowest BCUT2D eigenvalue weighted by atomic mass is 10.0. The SMILES string of the molecule is CCOC1CCN(C(=O)C2CC(=O)N(c3nc4ccc(C)cc4s3)C2)CC1. The van der Waals surface area contributed by atoms with Gasteiger partial charge in [-0.2, -0.15) is 0 Å². The van der Waals surface area contributed by atoms with Crippen molar-refractivity contribution in [1.82, 2.24) is 9.88 Å². The van der Waals surface area contributed by atoms with E-state index in [4.69, 9.17) is 4.74 Å². The molecule has 2 aromatic rings. The number of carbonyl (C=O) groups excluding carboxylic acids is 2. The van der Waals surface area contributed by atoms with Gasteiger partial charge in [-0.15, -0.1) is 0 Å². The van der Waals surface area contributed by atoms with Gasteiger partial charge in [0.05, 0.1) is 22.2 Å². The van der Waals surface area contributed by atoms with Crippen molar-refractivity contribution in [3.8, 4) is 0 Å². The van der Waals surface area contributed by atoms with Crippen LogP contribution in [0.25, 0.3) is 10.2 Å². The van der Waals surface area contributed by atoms with Crippen molar-refractivity contribution < 1.29 is 14.3 Å². The summed E-state index contributed by atoms with van der Waals surface area (Å²) in [6, 6.07) is 6.09. The number of hydrogen-bond donors (Lipinski definition) is 0. The Morgan fingerprint density at radius 2 is 2.11 bits per heavy atom. The van der Waals surface area contributed by atoms with Crippen molar-refractivity contribution in [3.05, 3.63) is 23.8 Å². The number of piperidine rings is 1. The number of nitrogens with zero attached hydrogens (tertiary/aromatic N) is 3. The van der Waals surface area contributed by atoms with E-state index in [-0.39, 0.29) is 30.3 Å². The van der Waals surface area contributed by atoms with Crippen LogP contribution in [0, 0.1) is 12.8 Å². The summed E-state index contributed by atoms with van der Waals surface area (Å²) < 4.78 is 6.73. The molecule has 144 valence electrons. The number of fused-ring (bicyclic) bond motifs is 1. The van der Waals surface area contributed by atoms with Gasteiger partial charge < -0.3 is 9.64 Å². The first-order chi connectivity index (χ1) is 13.0. The summed E-state index contributed by atoms with van der Waals surface area (Å²) >= 11 is 1.52. The molecule has 4 rings (SSSR count). The summed E-state index contributed by atoms with van der Waals surface area (Å²) in [5, 5.41) is 0.700. The molecule has 0 bridgehead atoms. The van der Waals surface area contributed by atoms with Crippen molar-refractivity contribution in [2.24, 2.45) is 5.92 Å². The summed E-state index contributed by atoms with van der Waals surface area (Å²) in [6.07, 6.45) is 2.29. The second kappa shape index (κ2) is 7.56. The van der Waals surface area contributed by atoms with Crippen LogP contribution in [0.3, 0.4) is 0 Å². The average Bonchev–Trinajstić information content (AvgIpc) is 3.24. The molecule has 2 saturated heterocycles. The number of ether oxygens (including phenoxy) is 1. The van der Waals surface area contributed by atoms with Gasteiger partial charge in [-0.3, -0.25) is 14.5 Å². The molecule has 0 saturated carbocycles. The van der Waals surface area contributed by atoms with Gasteiger partial charge in [-0.25, -0.2) is 4.98 Å². The normalized spacial score (nSPS) is 21.4. The second-order valence-electron chi connectivity index (χ2n) is 7.35. The fourth-order valence-electron chi connectivity index (χ4n) is 3.93. The highest BCUT2D eigenvalue weighted by Gasteiger charge is 2.39. The molecule has 7 heteroatoms. The molecule has 0 aliphatic carbocycles.